The Labute approximate surface area is 47.9 Å². The summed E-state index contributed by atoms with van der Waals surface area (Å²) in [6, 6.07) is 0. The second-order valence-electron chi connectivity index (χ2n) is 1.76. The van der Waals surface area contributed by atoms with Gasteiger partial charge in [0.25, 0.3) is 0 Å². The molecule has 0 atom stereocenters. The van der Waals surface area contributed by atoms with E-state index in [1.54, 1.807) is 0 Å². The van der Waals surface area contributed by atoms with E-state index in [1.807, 2.05) is 0 Å². The average Bonchev–Trinajstić information content (AvgIpc) is 1.90. The summed E-state index contributed by atoms with van der Waals surface area (Å²) in [5.74, 6) is 0. The number of rotatable bonds is 1. The third-order valence-electron chi connectivity index (χ3n) is 1.19. The van der Waals surface area contributed by atoms with Crippen LogP contribution in [0.15, 0.2) is 0 Å². The number of hydrogen-bond acceptors (Lipinski definition) is 4. The third kappa shape index (κ3) is 1.41. The van der Waals surface area contributed by atoms with Crippen molar-refractivity contribution in [1.29, 1.82) is 0 Å². The molecule has 0 aliphatic carbocycles. The zero-order chi connectivity index (χ0) is 5.82. The van der Waals surface area contributed by atoms with Gasteiger partial charge in [0.05, 0.1) is 0 Å². The van der Waals surface area contributed by atoms with Crippen LogP contribution < -0.4 is 5.32 Å². The molecule has 1 rings (SSSR count). The lowest BCUT2D eigenvalue weighted by Gasteiger charge is -2.21. The first-order chi connectivity index (χ1) is 3.93. The van der Waals surface area contributed by atoms with E-state index < -0.39 is 0 Å². The maximum atomic E-state index is 8.09. The summed E-state index contributed by atoms with van der Waals surface area (Å²) in [5.41, 5.74) is 0. The van der Waals surface area contributed by atoms with Crippen molar-refractivity contribution >= 4 is 0 Å². The summed E-state index contributed by atoms with van der Waals surface area (Å²) >= 11 is 0. The Hall–Kier alpha value is -0.160. The summed E-state index contributed by atoms with van der Waals surface area (Å²) in [6.07, 6.45) is 0. The highest BCUT2D eigenvalue weighted by molar-refractivity contribution is 4.58. The second kappa shape index (κ2) is 2.99. The normalized spacial score (nSPS) is 23.6. The summed E-state index contributed by atoms with van der Waals surface area (Å²) in [5, 5.41) is 12.7. The highest BCUT2D eigenvalue weighted by atomic mass is 17.2. The molecule has 0 aromatic heterocycles. The first-order valence-corrected chi connectivity index (χ1v) is 2.70. The molecule has 1 aliphatic rings. The number of nitrogens with zero attached hydrogens (tertiary/aromatic N) is 1. The first kappa shape index (κ1) is 5.97. The van der Waals surface area contributed by atoms with Gasteiger partial charge in [0, 0.05) is 26.2 Å². The smallest absolute Gasteiger partial charge is 0.0396 e. The Balaban J connectivity index is 2.13. The molecule has 1 aliphatic heterocycles. The van der Waals surface area contributed by atoms with E-state index in [9.17, 15) is 0 Å². The number of nitrogens with one attached hydrogen (secondary N) is 1. The van der Waals surface area contributed by atoms with Crippen molar-refractivity contribution < 1.29 is 10.2 Å². The van der Waals surface area contributed by atoms with Crippen LogP contribution in [-0.4, -0.2) is 36.5 Å². The van der Waals surface area contributed by atoms with Crippen molar-refractivity contribution in [2.45, 2.75) is 0 Å². The topological polar surface area (TPSA) is 44.7 Å². The van der Waals surface area contributed by atoms with E-state index in [0.717, 1.165) is 26.2 Å². The predicted octanol–water partition coefficient (Wildman–Crippen LogP) is -0.704. The average molecular weight is 118 g/mol. The van der Waals surface area contributed by atoms with Crippen LogP contribution in [0.3, 0.4) is 0 Å². The molecular formula is C4H10N2O2. The van der Waals surface area contributed by atoms with Crippen molar-refractivity contribution in [3.05, 3.63) is 0 Å². The molecule has 8 heavy (non-hydrogen) atoms. The van der Waals surface area contributed by atoms with Crippen molar-refractivity contribution in [3.8, 4) is 0 Å². The lowest BCUT2D eigenvalue weighted by Crippen LogP contribution is -2.42. The van der Waals surface area contributed by atoms with E-state index in [1.165, 1.54) is 5.06 Å². The van der Waals surface area contributed by atoms with Gasteiger partial charge in [-0.1, -0.05) is 0 Å². The van der Waals surface area contributed by atoms with Gasteiger partial charge in [-0.15, -0.1) is 4.99 Å². The van der Waals surface area contributed by atoms with Gasteiger partial charge in [-0.2, -0.15) is 5.06 Å². The predicted molar refractivity (Wildman–Crippen MR) is 28.2 cm³/mol. The third-order valence-corrected chi connectivity index (χ3v) is 1.19. The van der Waals surface area contributed by atoms with E-state index in [0.29, 0.717) is 0 Å². The summed E-state index contributed by atoms with van der Waals surface area (Å²) in [4.78, 5) is 3.98. The minimum atomic E-state index is 0.760. The molecule has 0 aromatic rings. The fourth-order valence-electron chi connectivity index (χ4n) is 0.726. The molecule has 1 fully saturated rings. The zero-order valence-electron chi connectivity index (χ0n) is 4.63. The summed E-state index contributed by atoms with van der Waals surface area (Å²) in [7, 11) is 0. The minimum Gasteiger partial charge on any atom is -0.314 e. The van der Waals surface area contributed by atoms with Crippen LogP contribution in [0.1, 0.15) is 0 Å². The molecule has 0 aromatic carbocycles. The fraction of sp³-hybridized carbons (Fsp3) is 1.00. The van der Waals surface area contributed by atoms with Crippen molar-refractivity contribution in [3.63, 3.8) is 0 Å². The van der Waals surface area contributed by atoms with Crippen LogP contribution >= 0.6 is 0 Å². The highest BCUT2D eigenvalue weighted by Crippen LogP contribution is 1.88. The molecule has 0 amide bonds. The quantitative estimate of drug-likeness (QED) is 0.353. The molecule has 1 saturated heterocycles. The van der Waals surface area contributed by atoms with Crippen molar-refractivity contribution in [2.24, 2.45) is 0 Å². The Morgan fingerprint density at radius 1 is 1.38 bits per heavy atom. The molecular weight excluding hydrogens is 108 g/mol. The Morgan fingerprint density at radius 3 is 2.38 bits per heavy atom. The molecule has 4 heteroatoms. The van der Waals surface area contributed by atoms with Crippen molar-refractivity contribution in [2.75, 3.05) is 26.2 Å². The van der Waals surface area contributed by atoms with Crippen LogP contribution in [0.25, 0.3) is 0 Å². The number of hydroxylamine groups is 2. The van der Waals surface area contributed by atoms with E-state index in [-0.39, 0.29) is 0 Å². The van der Waals surface area contributed by atoms with Crippen LogP contribution in [0.4, 0.5) is 0 Å². The second-order valence-corrected chi connectivity index (χ2v) is 1.76. The van der Waals surface area contributed by atoms with Crippen LogP contribution in [0, 0.1) is 0 Å². The number of piperazine rings is 1. The molecule has 0 bridgehead atoms. The van der Waals surface area contributed by atoms with Crippen LogP contribution in [-0.2, 0) is 4.99 Å². The Morgan fingerprint density at radius 2 is 2.00 bits per heavy atom. The summed E-state index contributed by atoms with van der Waals surface area (Å²) < 4.78 is 0. The maximum absolute atomic E-state index is 8.09. The molecule has 0 spiro atoms. The van der Waals surface area contributed by atoms with E-state index >= 15 is 0 Å². The first-order valence-electron chi connectivity index (χ1n) is 2.70. The zero-order valence-corrected chi connectivity index (χ0v) is 4.63. The largest absolute Gasteiger partial charge is 0.314 e. The maximum Gasteiger partial charge on any atom is 0.0396 e. The van der Waals surface area contributed by atoms with E-state index in [2.05, 4.69) is 10.3 Å². The molecule has 0 unspecified atom stereocenters. The fourth-order valence-corrected chi connectivity index (χ4v) is 0.726. The lowest BCUT2D eigenvalue weighted by molar-refractivity contribution is -0.397. The molecule has 48 valence electrons. The van der Waals surface area contributed by atoms with Gasteiger partial charge in [0.1, 0.15) is 0 Å². The molecule has 4 nitrogen and oxygen atoms in total. The standard InChI is InChI=1S/C4H10N2O2/c7-8-6-3-1-5-2-4-6/h5,7H,1-4H2. The van der Waals surface area contributed by atoms with Gasteiger partial charge in [-0.3, -0.25) is 0 Å². The van der Waals surface area contributed by atoms with Gasteiger partial charge in [0.15, 0.2) is 0 Å². The Bertz CT molecular complexity index is 63.1. The van der Waals surface area contributed by atoms with Gasteiger partial charge in [-0.05, 0) is 0 Å². The SMILES string of the molecule is OON1CCNCC1. The van der Waals surface area contributed by atoms with Gasteiger partial charge < -0.3 is 5.32 Å². The van der Waals surface area contributed by atoms with Crippen LogP contribution in [0.2, 0.25) is 0 Å². The van der Waals surface area contributed by atoms with Gasteiger partial charge in [0.2, 0.25) is 0 Å². The molecule has 1 heterocycles. The highest BCUT2D eigenvalue weighted by Gasteiger charge is 2.07. The monoisotopic (exact) mass is 118 g/mol. The minimum absolute atomic E-state index is 0.760. The molecule has 0 radical (unpaired) electrons. The lowest BCUT2D eigenvalue weighted by atomic mass is 10.4. The Kier molecular flexibility index (Phi) is 2.23. The van der Waals surface area contributed by atoms with Crippen LogP contribution in [0.5, 0.6) is 0 Å². The molecule has 2 N–H and O–H groups in total. The number of hydrogen-bond donors (Lipinski definition) is 2. The summed E-state index contributed by atoms with van der Waals surface area (Å²) in [6.45, 7) is 3.30. The van der Waals surface area contributed by atoms with Gasteiger partial charge >= 0.3 is 0 Å². The molecule has 0 saturated carbocycles. The van der Waals surface area contributed by atoms with E-state index in [4.69, 9.17) is 5.26 Å². The van der Waals surface area contributed by atoms with Crippen molar-refractivity contribution in [1.82, 2.24) is 10.4 Å². The van der Waals surface area contributed by atoms with Gasteiger partial charge in [-0.25, -0.2) is 5.26 Å².